The van der Waals surface area contributed by atoms with E-state index >= 15 is 0 Å². The molecule has 0 radical (unpaired) electrons. The van der Waals surface area contributed by atoms with Gasteiger partial charge in [-0.05, 0) is 30.7 Å². The molecule has 1 aromatic carbocycles. The van der Waals surface area contributed by atoms with Gasteiger partial charge in [0.2, 0.25) is 0 Å². The van der Waals surface area contributed by atoms with Crippen molar-refractivity contribution in [1.82, 2.24) is 0 Å². The molecule has 0 aliphatic heterocycles. The second kappa shape index (κ2) is 6.48. The number of aryl methyl sites for hydroxylation is 1. The molecule has 0 atom stereocenters. The summed E-state index contributed by atoms with van der Waals surface area (Å²) in [5.74, 6) is 3.34. The first-order chi connectivity index (χ1) is 10.0. The van der Waals surface area contributed by atoms with E-state index in [0.29, 0.717) is 9.75 Å². The normalized spacial score (nSPS) is 9.90. The van der Waals surface area contributed by atoms with E-state index in [1.54, 1.807) is 13.0 Å². The van der Waals surface area contributed by atoms with Gasteiger partial charge >= 0.3 is 0 Å². The maximum atomic E-state index is 13.5. The lowest BCUT2D eigenvalue weighted by Gasteiger charge is -2.04. The molecule has 6 heteroatoms. The molecule has 3 nitrogen and oxygen atoms in total. The van der Waals surface area contributed by atoms with E-state index in [4.69, 9.17) is 5.11 Å². The number of nitrogens with one attached hydrogen (secondary N) is 1. The minimum absolute atomic E-state index is 0.214. The lowest BCUT2D eigenvalue weighted by atomic mass is 10.2. The topological polar surface area (TPSA) is 49.3 Å². The summed E-state index contributed by atoms with van der Waals surface area (Å²) in [5.41, 5.74) is 0.569. The summed E-state index contributed by atoms with van der Waals surface area (Å²) < 4.78 is 26.5. The van der Waals surface area contributed by atoms with Gasteiger partial charge in [0.25, 0.3) is 5.91 Å². The van der Waals surface area contributed by atoms with Gasteiger partial charge in [-0.15, -0.1) is 11.3 Å². The Morgan fingerprint density at radius 2 is 2.14 bits per heavy atom. The molecule has 0 bridgehead atoms. The number of amides is 1. The average molecular weight is 307 g/mol. The van der Waals surface area contributed by atoms with E-state index in [2.05, 4.69) is 17.2 Å². The summed E-state index contributed by atoms with van der Waals surface area (Å²) in [6.45, 7) is 1.50. The van der Waals surface area contributed by atoms with E-state index < -0.39 is 17.5 Å². The Labute approximate surface area is 124 Å². The first-order valence-electron chi connectivity index (χ1n) is 5.98. The number of aliphatic hydroxyl groups excluding tert-OH is 1. The van der Waals surface area contributed by atoms with E-state index in [-0.39, 0.29) is 12.3 Å². The molecular weight excluding hydrogens is 296 g/mol. The minimum Gasteiger partial charge on any atom is -0.384 e. The third kappa shape index (κ3) is 3.66. The van der Waals surface area contributed by atoms with Gasteiger partial charge in [-0.25, -0.2) is 8.78 Å². The highest BCUT2D eigenvalue weighted by Gasteiger charge is 2.14. The number of thiophene rings is 1. The molecule has 21 heavy (non-hydrogen) atoms. The number of aliphatic hydroxyl groups is 1. The van der Waals surface area contributed by atoms with Crippen LogP contribution >= 0.6 is 11.3 Å². The number of benzene rings is 1. The monoisotopic (exact) mass is 307 g/mol. The van der Waals surface area contributed by atoms with Crippen molar-refractivity contribution in [3.8, 4) is 11.8 Å². The van der Waals surface area contributed by atoms with Gasteiger partial charge < -0.3 is 10.4 Å². The quantitative estimate of drug-likeness (QED) is 0.838. The van der Waals surface area contributed by atoms with Crippen molar-refractivity contribution < 1.29 is 18.7 Å². The number of carbonyl (C=O) groups excluding carboxylic acids is 1. The zero-order valence-electron chi connectivity index (χ0n) is 11.0. The molecule has 0 saturated heterocycles. The Kier molecular flexibility index (Phi) is 4.68. The predicted molar refractivity (Wildman–Crippen MR) is 77.3 cm³/mol. The van der Waals surface area contributed by atoms with Crippen molar-refractivity contribution in [2.24, 2.45) is 0 Å². The van der Waals surface area contributed by atoms with E-state index in [0.717, 1.165) is 35.1 Å². The largest absolute Gasteiger partial charge is 0.384 e. The minimum atomic E-state index is -0.710. The SMILES string of the molecule is Cc1cc(C(=O)Nc2cc(F)ccc2F)sc1C#CCO. The van der Waals surface area contributed by atoms with Crippen LogP contribution in [-0.4, -0.2) is 17.6 Å². The molecule has 1 heterocycles. The lowest BCUT2D eigenvalue weighted by Crippen LogP contribution is -2.11. The first kappa shape index (κ1) is 15.2. The van der Waals surface area contributed by atoms with Crippen LogP contribution in [0, 0.1) is 30.4 Å². The summed E-state index contributed by atoms with van der Waals surface area (Å²) in [4.78, 5) is 13.0. The van der Waals surface area contributed by atoms with Crippen LogP contribution in [0.2, 0.25) is 0 Å². The van der Waals surface area contributed by atoms with E-state index in [1.807, 2.05) is 0 Å². The fourth-order valence-corrected chi connectivity index (χ4v) is 2.56. The highest BCUT2D eigenvalue weighted by molar-refractivity contribution is 7.14. The van der Waals surface area contributed by atoms with Gasteiger partial charge in [0.05, 0.1) is 15.4 Å². The van der Waals surface area contributed by atoms with Crippen LogP contribution in [0.5, 0.6) is 0 Å². The van der Waals surface area contributed by atoms with Crippen molar-refractivity contribution in [2.75, 3.05) is 11.9 Å². The Morgan fingerprint density at radius 3 is 2.86 bits per heavy atom. The third-order valence-electron chi connectivity index (χ3n) is 2.60. The first-order valence-corrected chi connectivity index (χ1v) is 6.79. The molecule has 0 aliphatic rings. The molecule has 1 aromatic heterocycles. The van der Waals surface area contributed by atoms with Crippen LogP contribution in [-0.2, 0) is 0 Å². The molecule has 2 rings (SSSR count). The Hall–Kier alpha value is -2.23. The molecule has 0 saturated carbocycles. The molecule has 2 aromatic rings. The van der Waals surface area contributed by atoms with Crippen molar-refractivity contribution in [3.63, 3.8) is 0 Å². The van der Waals surface area contributed by atoms with Crippen LogP contribution < -0.4 is 5.32 Å². The van der Waals surface area contributed by atoms with Crippen molar-refractivity contribution in [1.29, 1.82) is 0 Å². The van der Waals surface area contributed by atoms with Crippen LogP contribution in [0.15, 0.2) is 24.3 Å². The highest BCUT2D eigenvalue weighted by Crippen LogP contribution is 2.23. The van der Waals surface area contributed by atoms with Gasteiger partial charge in [-0.3, -0.25) is 4.79 Å². The Morgan fingerprint density at radius 1 is 1.38 bits per heavy atom. The van der Waals surface area contributed by atoms with E-state index in [9.17, 15) is 13.6 Å². The van der Waals surface area contributed by atoms with E-state index in [1.165, 1.54) is 0 Å². The van der Waals surface area contributed by atoms with Crippen molar-refractivity contribution in [3.05, 3.63) is 51.2 Å². The molecule has 0 spiro atoms. The number of halogens is 2. The van der Waals surface area contributed by atoms with Crippen molar-refractivity contribution >= 4 is 22.9 Å². The average Bonchev–Trinajstić information content (AvgIpc) is 2.82. The maximum absolute atomic E-state index is 13.5. The molecule has 2 N–H and O–H groups in total. The molecule has 1 amide bonds. The Balaban J connectivity index is 2.23. The summed E-state index contributed by atoms with van der Waals surface area (Å²) in [5, 5.41) is 11.0. The lowest BCUT2D eigenvalue weighted by molar-refractivity contribution is 0.103. The van der Waals surface area contributed by atoms with Crippen LogP contribution in [0.4, 0.5) is 14.5 Å². The summed E-state index contributed by atoms with van der Waals surface area (Å²) in [7, 11) is 0. The summed E-state index contributed by atoms with van der Waals surface area (Å²) in [6, 6.07) is 4.45. The molecule has 108 valence electrons. The zero-order chi connectivity index (χ0) is 15.4. The van der Waals surface area contributed by atoms with Crippen molar-refractivity contribution in [2.45, 2.75) is 6.92 Å². The molecule has 0 aliphatic carbocycles. The Bertz CT molecular complexity index is 744. The van der Waals surface area contributed by atoms with Gasteiger partial charge in [0.1, 0.15) is 18.2 Å². The van der Waals surface area contributed by atoms with Gasteiger partial charge in [-0.1, -0.05) is 11.8 Å². The highest BCUT2D eigenvalue weighted by atomic mass is 32.1. The smallest absolute Gasteiger partial charge is 0.265 e. The second-order valence-corrected chi connectivity index (χ2v) is 5.21. The number of anilines is 1. The standard InChI is InChI=1S/C15H11F2NO2S/c1-9-7-14(21-13(9)3-2-6-19)15(20)18-12-8-10(16)4-5-11(12)17/h4-5,7-8,19H,6H2,1H3,(H,18,20). The van der Waals surface area contributed by atoms with Gasteiger partial charge in [0, 0.05) is 6.07 Å². The van der Waals surface area contributed by atoms with Crippen LogP contribution in [0.3, 0.4) is 0 Å². The van der Waals surface area contributed by atoms with Crippen LogP contribution in [0.25, 0.3) is 0 Å². The summed E-state index contributed by atoms with van der Waals surface area (Å²) >= 11 is 1.12. The second-order valence-electron chi connectivity index (χ2n) is 4.16. The number of carbonyl (C=O) groups is 1. The fraction of sp³-hybridized carbons (Fsp3) is 0.133. The maximum Gasteiger partial charge on any atom is 0.265 e. The van der Waals surface area contributed by atoms with Gasteiger partial charge in [0.15, 0.2) is 0 Å². The number of rotatable bonds is 2. The predicted octanol–water partition coefficient (Wildman–Crippen LogP) is 2.93. The summed E-state index contributed by atoms with van der Waals surface area (Å²) in [6.07, 6.45) is 0. The molecule has 0 fully saturated rings. The zero-order valence-corrected chi connectivity index (χ0v) is 11.9. The number of hydrogen-bond acceptors (Lipinski definition) is 3. The fourth-order valence-electron chi connectivity index (χ4n) is 1.62. The number of hydrogen-bond donors (Lipinski definition) is 2. The molecule has 0 unspecified atom stereocenters. The third-order valence-corrected chi connectivity index (χ3v) is 3.75. The van der Waals surface area contributed by atoms with Gasteiger partial charge in [-0.2, -0.15) is 0 Å². The van der Waals surface area contributed by atoms with Crippen LogP contribution in [0.1, 0.15) is 20.1 Å². The molecular formula is C15H11F2NO2S.